The summed E-state index contributed by atoms with van der Waals surface area (Å²) in [5.41, 5.74) is 1.87. The molecule has 1 aliphatic carbocycles. The number of ether oxygens (including phenoxy) is 1. The largest absolute Gasteiger partial charge is 0.469 e. The van der Waals surface area contributed by atoms with Gasteiger partial charge in [-0.1, -0.05) is 18.6 Å². The van der Waals surface area contributed by atoms with Crippen LogP contribution in [0, 0.1) is 5.92 Å². The van der Waals surface area contributed by atoms with Gasteiger partial charge in [0.1, 0.15) is 0 Å². The average Bonchev–Trinajstić information content (AvgIpc) is 3.09. The Morgan fingerprint density at radius 3 is 2.67 bits per heavy atom. The minimum atomic E-state index is -0.205. The molecule has 2 aliphatic rings. The van der Waals surface area contributed by atoms with Gasteiger partial charge in [-0.05, 0) is 55.7 Å². The van der Waals surface area contributed by atoms with Gasteiger partial charge in [-0.25, -0.2) is 4.79 Å². The van der Waals surface area contributed by atoms with Crippen LogP contribution in [0.3, 0.4) is 0 Å². The van der Waals surface area contributed by atoms with E-state index in [1.165, 1.54) is 26.4 Å². The zero-order chi connectivity index (χ0) is 16.9. The number of hydrogen-bond acceptors (Lipinski definition) is 3. The molecule has 1 saturated carbocycles. The van der Waals surface area contributed by atoms with Gasteiger partial charge in [0.15, 0.2) is 0 Å². The van der Waals surface area contributed by atoms with E-state index < -0.39 is 0 Å². The fraction of sp³-hybridized carbons (Fsp3) is 0.579. The molecule has 0 bridgehead atoms. The van der Waals surface area contributed by atoms with Crippen molar-refractivity contribution in [2.75, 3.05) is 19.0 Å². The average molecular weight is 330 g/mol. The summed E-state index contributed by atoms with van der Waals surface area (Å²) in [6.45, 7) is 0.865. The van der Waals surface area contributed by atoms with E-state index in [2.05, 4.69) is 10.1 Å². The molecule has 1 heterocycles. The van der Waals surface area contributed by atoms with E-state index in [0.29, 0.717) is 24.8 Å². The molecule has 1 aromatic carbocycles. The van der Waals surface area contributed by atoms with Crippen molar-refractivity contribution in [2.24, 2.45) is 5.92 Å². The van der Waals surface area contributed by atoms with Crippen molar-refractivity contribution < 1.29 is 14.3 Å². The molecule has 1 N–H and O–H groups in total. The molecular weight excluding hydrogens is 304 g/mol. The lowest BCUT2D eigenvalue weighted by atomic mass is 9.92. The van der Waals surface area contributed by atoms with E-state index in [9.17, 15) is 9.59 Å². The SMILES string of the molecule is COC(=O)CCc1ccc(NC(=O)N2CCC[C@@H]3CCC[C@@H]32)cc1. The molecule has 1 aromatic rings. The van der Waals surface area contributed by atoms with E-state index in [1.807, 2.05) is 29.2 Å². The number of piperidine rings is 1. The highest BCUT2D eigenvalue weighted by molar-refractivity contribution is 5.89. The van der Waals surface area contributed by atoms with Crippen molar-refractivity contribution in [3.05, 3.63) is 29.8 Å². The van der Waals surface area contributed by atoms with Crippen LogP contribution in [0.2, 0.25) is 0 Å². The third-order valence-electron chi connectivity index (χ3n) is 5.30. The summed E-state index contributed by atoms with van der Waals surface area (Å²) >= 11 is 0. The van der Waals surface area contributed by atoms with Gasteiger partial charge in [0, 0.05) is 24.7 Å². The van der Waals surface area contributed by atoms with Crippen molar-refractivity contribution >= 4 is 17.7 Å². The van der Waals surface area contributed by atoms with E-state index in [-0.39, 0.29) is 12.0 Å². The molecule has 2 amide bonds. The van der Waals surface area contributed by atoms with Crippen molar-refractivity contribution in [3.8, 4) is 0 Å². The summed E-state index contributed by atoms with van der Waals surface area (Å²) in [7, 11) is 1.40. The molecule has 2 atom stereocenters. The molecule has 1 saturated heterocycles. The smallest absolute Gasteiger partial charge is 0.322 e. The highest BCUT2D eigenvalue weighted by atomic mass is 16.5. The Morgan fingerprint density at radius 2 is 1.92 bits per heavy atom. The number of nitrogens with zero attached hydrogens (tertiary/aromatic N) is 1. The maximum Gasteiger partial charge on any atom is 0.322 e. The normalized spacial score (nSPS) is 22.8. The summed E-state index contributed by atoms with van der Waals surface area (Å²) in [6.07, 6.45) is 7.06. The Morgan fingerprint density at radius 1 is 1.17 bits per heavy atom. The zero-order valence-corrected chi connectivity index (χ0v) is 14.3. The number of rotatable bonds is 4. The first-order valence-electron chi connectivity index (χ1n) is 8.91. The molecule has 0 spiro atoms. The van der Waals surface area contributed by atoms with Crippen LogP contribution in [-0.2, 0) is 16.0 Å². The summed E-state index contributed by atoms with van der Waals surface area (Å²) in [6, 6.07) is 8.16. The number of fused-ring (bicyclic) bond motifs is 1. The number of carbonyl (C=O) groups excluding carboxylic acids is 2. The van der Waals surface area contributed by atoms with E-state index >= 15 is 0 Å². The van der Waals surface area contributed by atoms with Crippen LogP contribution in [0.4, 0.5) is 10.5 Å². The number of amides is 2. The van der Waals surface area contributed by atoms with Gasteiger partial charge >= 0.3 is 12.0 Å². The number of carbonyl (C=O) groups is 2. The topological polar surface area (TPSA) is 58.6 Å². The number of methoxy groups -OCH3 is 1. The number of aryl methyl sites for hydroxylation is 1. The molecule has 0 unspecified atom stereocenters. The summed E-state index contributed by atoms with van der Waals surface area (Å²) in [5, 5.41) is 3.02. The van der Waals surface area contributed by atoms with Gasteiger partial charge in [0.25, 0.3) is 0 Å². The Hall–Kier alpha value is -2.04. The van der Waals surface area contributed by atoms with E-state index in [0.717, 1.165) is 30.6 Å². The van der Waals surface area contributed by atoms with E-state index in [1.54, 1.807) is 0 Å². The Labute approximate surface area is 143 Å². The Kier molecular flexibility index (Phi) is 5.38. The van der Waals surface area contributed by atoms with Crippen molar-refractivity contribution in [3.63, 3.8) is 0 Å². The van der Waals surface area contributed by atoms with Crippen LogP contribution in [0.5, 0.6) is 0 Å². The minimum absolute atomic E-state index is 0.0221. The quantitative estimate of drug-likeness (QED) is 0.858. The zero-order valence-electron chi connectivity index (χ0n) is 14.3. The molecular formula is C19H26N2O3. The number of nitrogens with one attached hydrogen (secondary N) is 1. The standard InChI is InChI=1S/C19H26N2O3/c1-24-18(22)12-9-14-7-10-16(11-8-14)20-19(23)21-13-3-5-15-4-2-6-17(15)21/h7-8,10-11,15,17H,2-6,9,12-13H2,1H3,(H,20,23)/t15-,17-/m0/s1. The second-order valence-electron chi connectivity index (χ2n) is 6.80. The molecule has 3 rings (SSSR count). The predicted octanol–water partition coefficient (Wildman–Crippen LogP) is 3.59. The number of urea groups is 1. The molecule has 1 aliphatic heterocycles. The Balaban J connectivity index is 1.55. The molecule has 5 heteroatoms. The third kappa shape index (κ3) is 3.89. The van der Waals surface area contributed by atoms with Crippen LogP contribution in [0.25, 0.3) is 0 Å². The molecule has 130 valence electrons. The molecule has 24 heavy (non-hydrogen) atoms. The van der Waals surface area contributed by atoms with Gasteiger partial charge < -0.3 is 15.0 Å². The van der Waals surface area contributed by atoms with Gasteiger partial charge in [-0.3, -0.25) is 4.79 Å². The summed E-state index contributed by atoms with van der Waals surface area (Å²) in [5.74, 6) is 0.494. The number of anilines is 1. The van der Waals surface area contributed by atoms with Gasteiger partial charge in [-0.15, -0.1) is 0 Å². The van der Waals surface area contributed by atoms with Gasteiger partial charge in [0.05, 0.1) is 7.11 Å². The van der Waals surface area contributed by atoms with Gasteiger partial charge in [0.2, 0.25) is 0 Å². The lowest BCUT2D eigenvalue weighted by Crippen LogP contribution is -2.48. The Bertz CT molecular complexity index is 585. The fourth-order valence-corrected chi connectivity index (χ4v) is 4.00. The number of hydrogen-bond donors (Lipinski definition) is 1. The molecule has 2 fully saturated rings. The number of likely N-dealkylation sites (tertiary alicyclic amines) is 1. The highest BCUT2D eigenvalue weighted by Crippen LogP contribution is 2.36. The van der Waals surface area contributed by atoms with Crippen LogP contribution < -0.4 is 5.32 Å². The second-order valence-corrected chi connectivity index (χ2v) is 6.80. The maximum absolute atomic E-state index is 12.6. The van der Waals surface area contributed by atoms with Crippen molar-refractivity contribution in [2.45, 2.75) is 51.0 Å². The fourth-order valence-electron chi connectivity index (χ4n) is 4.00. The summed E-state index contributed by atoms with van der Waals surface area (Å²) < 4.78 is 4.65. The first kappa shape index (κ1) is 16.8. The van der Waals surface area contributed by atoms with Crippen LogP contribution in [0.1, 0.15) is 44.1 Å². The second kappa shape index (κ2) is 7.69. The van der Waals surface area contributed by atoms with Crippen molar-refractivity contribution in [1.29, 1.82) is 0 Å². The molecule has 5 nitrogen and oxygen atoms in total. The lowest BCUT2D eigenvalue weighted by Gasteiger charge is -2.37. The third-order valence-corrected chi connectivity index (χ3v) is 5.30. The lowest BCUT2D eigenvalue weighted by molar-refractivity contribution is -0.140. The summed E-state index contributed by atoms with van der Waals surface area (Å²) in [4.78, 5) is 25.8. The van der Waals surface area contributed by atoms with Crippen molar-refractivity contribution in [1.82, 2.24) is 4.90 Å². The number of benzene rings is 1. The van der Waals surface area contributed by atoms with Crippen LogP contribution in [0.15, 0.2) is 24.3 Å². The van der Waals surface area contributed by atoms with Gasteiger partial charge in [-0.2, -0.15) is 0 Å². The molecule has 0 radical (unpaired) electrons. The van der Waals surface area contributed by atoms with Crippen LogP contribution >= 0.6 is 0 Å². The number of esters is 1. The molecule has 0 aromatic heterocycles. The predicted molar refractivity (Wildman–Crippen MR) is 92.9 cm³/mol. The van der Waals surface area contributed by atoms with E-state index in [4.69, 9.17) is 0 Å². The maximum atomic E-state index is 12.6. The highest BCUT2D eigenvalue weighted by Gasteiger charge is 2.37. The van der Waals surface area contributed by atoms with Crippen LogP contribution in [-0.4, -0.2) is 36.6 Å². The first-order chi connectivity index (χ1) is 11.7. The first-order valence-corrected chi connectivity index (χ1v) is 8.91. The monoisotopic (exact) mass is 330 g/mol. The minimum Gasteiger partial charge on any atom is -0.469 e.